The highest BCUT2D eigenvalue weighted by molar-refractivity contribution is 5.65. The molecule has 0 aromatic heterocycles. The molecule has 1 aliphatic rings. The molecule has 1 rings (SSSR count). The van der Waals surface area contributed by atoms with Gasteiger partial charge in [0.1, 0.15) is 12.2 Å². The summed E-state index contributed by atoms with van der Waals surface area (Å²) >= 11 is 0. The molecular weight excluding hydrogens is 240 g/mol. The molecule has 18 heavy (non-hydrogen) atoms. The maximum atomic E-state index is 10.7. The van der Waals surface area contributed by atoms with Gasteiger partial charge < -0.3 is 24.4 Å². The third-order valence-electron chi connectivity index (χ3n) is 3.01. The van der Waals surface area contributed by atoms with Crippen LogP contribution in [0.25, 0.3) is 0 Å². The first-order chi connectivity index (χ1) is 8.39. The summed E-state index contributed by atoms with van der Waals surface area (Å²) in [6.45, 7) is 3.63. The summed E-state index contributed by atoms with van der Waals surface area (Å²) in [7, 11) is 0. The third-order valence-corrected chi connectivity index (χ3v) is 3.01. The SMILES string of the molecule is CC(=O)OC[C@](O)(CO)CCCC1(C)OCCO1. The molecule has 1 saturated heterocycles. The monoisotopic (exact) mass is 262 g/mol. The average molecular weight is 262 g/mol. The predicted molar refractivity (Wildman–Crippen MR) is 62.8 cm³/mol. The number of ether oxygens (including phenoxy) is 3. The van der Waals surface area contributed by atoms with Crippen molar-refractivity contribution in [1.82, 2.24) is 0 Å². The van der Waals surface area contributed by atoms with E-state index in [2.05, 4.69) is 0 Å². The van der Waals surface area contributed by atoms with Crippen molar-refractivity contribution in [3.63, 3.8) is 0 Å². The molecule has 1 fully saturated rings. The first kappa shape index (κ1) is 15.4. The highest BCUT2D eigenvalue weighted by atomic mass is 16.7. The third kappa shape index (κ3) is 4.89. The topological polar surface area (TPSA) is 85.2 Å². The van der Waals surface area contributed by atoms with Gasteiger partial charge in [0.15, 0.2) is 5.79 Å². The van der Waals surface area contributed by atoms with E-state index in [1.54, 1.807) is 0 Å². The van der Waals surface area contributed by atoms with Gasteiger partial charge in [-0.2, -0.15) is 0 Å². The number of aliphatic hydroxyl groups excluding tert-OH is 1. The van der Waals surface area contributed by atoms with Crippen LogP contribution >= 0.6 is 0 Å². The lowest BCUT2D eigenvalue weighted by molar-refractivity contribution is -0.158. The molecule has 1 heterocycles. The fourth-order valence-corrected chi connectivity index (χ4v) is 1.87. The van der Waals surface area contributed by atoms with Gasteiger partial charge >= 0.3 is 5.97 Å². The Labute approximate surface area is 107 Å². The zero-order valence-electron chi connectivity index (χ0n) is 11.0. The van der Waals surface area contributed by atoms with Gasteiger partial charge in [0.2, 0.25) is 0 Å². The molecule has 106 valence electrons. The fourth-order valence-electron chi connectivity index (χ4n) is 1.87. The van der Waals surface area contributed by atoms with Gasteiger partial charge in [-0.3, -0.25) is 4.79 Å². The largest absolute Gasteiger partial charge is 0.463 e. The zero-order chi connectivity index (χ0) is 13.6. The number of carbonyl (C=O) groups is 1. The van der Waals surface area contributed by atoms with Crippen molar-refractivity contribution in [1.29, 1.82) is 0 Å². The van der Waals surface area contributed by atoms with E-state index in [1.807, 2.05) is 6.92 Å². The van der Waals surface area contributed by atoms with Crippen molar-refractivity contribution in [2.75, 3.05) is 26.4 Å². The predicted octanol–water partition coefficient (Wildman–Crippen LogP) is 0.206. The molecule has 0 radical (unpaired) electrons. The minimum atomic E-state index is -1.39. The molecule has 0 amide bonds. The molecule has 1 atom stereocenters. The van der Waals surface area contributed by atoms with Gasteiger partial charge in [0.25, 0.3) is 0 Å². The maximum Gasteiger partial charge on any atom is 0.302 e. The molecule has 0 bridgehead atoms. The van der Waals surface area contributed by atoms with Gasteiger partial charge in [0.05, 0.1) is 19.8 Å². The Balaban J connectivity index is 2.31. The minimum Gasteiger partial charge on any atom is -0.463 e. The number of hydrogen-bond donors (Lipinski definition) is 2. The van der Waals surface area contributed by atoms with Gasteiger partial charge in [-0.05, 0) is 19.8 Å². The van der Waals surface area contributed by atoms with Crippen LogP contribution in [0.3, 0.4) is 0 Å². The van der Waals surface area contributed by atoms with E-state index in [1.165, 1.54) is 6.92 Å². The summed E-state index contributed by atoms with van der Waals surface area (Å²) in [4.78, 5) is 10.7. The normalized spacial score (nSPS) is 21.6. The summed E-state index contributed by atoms with van der Waals surface area (Å²) in [5.41, 5.74) is -1.39. The van der Waals surface area contributed by atoms with Crippen molar-refractivity contribution < 1.29 is 29.2 Å². The lowest BCUT2D eigenvalue weighted by Crippen LogP contribution is -2.39. The smallest absolute Gasteiger partial charge is 0.302 e. The molecule has 0 unspecified atom stereocenters. The molecule has 0 spiro atoms. The zero-order valence-corrected chi connectivity index (χ0v) is 11.0. The summed E-state index contributed by atoms with van der Waals surface area (Å²) in [6.07, 6.45) is 1.54. The second kappa shape index (κ2) is 6.47. The average Bonchev–Trinajstić information content (AvgIpc) is 2.74. The Morgan fingerprint density at radius 2 is 2.06 bits per heavy atom. The first-order valence-corrected chi connectivity index (χ1v) is 6.14. The van der Waals surface area contributed by atoms with E-state index < -0.39 is 24.0 Å². The number of carbonyl (C=O) groups excluding carboxylic acids is 1. The highest BCUT2D eigenvalue weighted by Crippen LogP contribution is 2.26. The number of esters is 1. The maximum absolute atomic E-state index is 10.7. The van der Waals surface area contributed by atoms with Gasteiger partial charge in [-0.25, -0.2) is 0 Å². The molecule has 0 aliphatic carbocycles. The minimum absolute atomic E-state index is 0.197. The summed E-state index contributed by atoms with van der Waals surface area (Å²) in [5.74, 6) is -1.08. The molecule has 1 aliphatic heterocycles. The van der Waals surface area contributed by atoms with Crippen molar-refractivity contribution in [2.24, 2.45) is 0 Å². The lowest BCUT2D eigenvalue weighted by Gasteiger charge is -2.27. The lowest BCUT2D eigenvalue weighted by atomic mass is 9.97. The van der Waals surface area contributed by atoms with Gasteiger partial charge in [-0.1, -0.05) is 0 Å². The summed E-state index contributed by atoms with van der Waals surface area (Å²) < 4.78 is 15.6. The van der Waals surface area contributed by atoms with E-state index in [-0.39, 0.29) is 6.61 Å². The summed E-state index contributed by atoms with van der Waals surface area (Å²) in [6, 6.07) is 0. The molecule has 6 heteroatoms. The van der Waals surface area contributed by atoms with Crippen LogP contribution in [-0.2, 0) is 19.0 Å². The molecule has 0 aromatic carbocycles. The van der Waals surface area contributed by atoms with Crippen LogP contribution in [0, 0.1) is 0 Å². The molecule has 2 N–H and O–H groups in total. The molecule has 6 nitrogen and oxygen atoms in total. The summed E-state index contributed by atoms with van der Waals surface area (Å²) in [5, 5.41) is 19.2. The Morgan fingerprint density at radius 3 is 2.56 bits per heavy atom. The van der Waals surface area contributed by atoms with Crippen LogP contribution in [0.15, 0.2) is 0 Å². The molecular formula is C12H22O6. The fraction of sp³-hybridized carbons (Fsp3) is 0.917. The quantitative estimate of drug-likeness (QED) is 0.638. The Morgan fingerprint density at radius 1 is 1.44 bits per heavy atom. The van der Waals surface area contributed by atoms with Gasteiger partial charge in [-0.15, -0.1) is 0 Å². The van der Waals surface area contributed by atoms with Crippen molar-refractivity contribution >= 4 is 5.97 Å². The van der Waals surface area contributed by atoms with Crippen LogP contribution in [0.5, 0.6) is 0 Å². The molecule has 0 saturated carbocycles. The van der Waals surface area contributed by atoms with E-state index in [9.17, 15) is 9.90 Å². The standard InChI is InChI=1S/C12H22O6/c1-10(14)16-9-12(15,8-13)5-3-4-11(2)17-6-7-18-11/h13,15H,3-9H2,1-2H3/t12-/m1/s1. The van der Waals surface area contributed by atoms with Crippen LogP contribution in [-0.4, -0.2) is 54.0 Å². The van der Waals surface area contributed by atoms with E-state index in [4.69, 9.17) is 19.3 Å². The Hall–Kier alpha value is -0.690. The van der Waals surface area contributed by atoms with Crippen molar-refractivity contribution in [2.45, 2.75) is 44.5 Å². The van der Waals surface area contributed by atoms with Crippen LogP contribution in [0.1, 0.15) is 33.1 Å². The van der Waals surface area contributed by atoms with E-state index in [0.29, 0.717) is 32.5 Å². The highest BCUT2D eigenvalue weighted by Gasteiger charge is 2.33. The second-order valence-electron chi connectivity index (χ2n) is 4.85. The van der Waals surface area contributed by atoms with Crippen LogP contribution < -0.4 is 0 Å². The van der Waals surface area contributed by atoms with Crippen molar-refractivity contribution in [3.05, 3.63) is 0 Å². The first-order valence-electron chi connectivity index (χ1n) is 6.14. The Bertz CT molecular complexity index is 274. The number of hydrogen-bond acceptors (Lipinski definition) is 6. The van der Waals surface area contributed by atoms with Gasteiger partial charge in [0, 0.05) is 13.3 Å². The van der Waals surface area contributed by atoms with Crippen molar-refractivity contribution in [3.8, 4) is 0 Å². The Kier molecular flexibility index (Phi) is 5.52. The second-order valence-corrected chi connectivity index (χ2v) is 4.85. The van der Waals surface area contributed by atoms with E-state index >= 15 is 0 Å². The molecule has 0 aromatic rings. The van der Waals surface area contributed by atoms with Crippen LogP contribution in [0.4, 0.5) is 0 Å². The number of aliphatic hydroxyl groups is 2. The van der Waals surface area contributed by atoms with E-state index in [0.717, 1.165) is 0 Å². The van der Waals surface area contributed by atoms with Crippen LogP contribution in [0.2, 0.25) is 0 Å². The number of rotatable bonds is 7.